The van der Waals surface area contributed by atoms with Gasteiger partial charge in [0.25, 0.3) is 11.6 Å². The number of hydrogen-bond acceptors (Lipinski definition) is 5. The standard InChI is InChI=1S/C31H30N4O4/c1-21(23-14-16-26(17-15-23)35(38)39)18-30(36)32-19-24-9-3-4-11-27(24)28-12-5-6-13-29(28)31(37)33-20-25-10-7-8-22(2)34-25/h3-17,21H,18-20H2,1-2H3,(H,32,36)(H,33,37)/t21-/m1/s1. The highest BCUT2D eigenvalue weighted by atomic mass is 16.6. The van der Waals surface area contributed by atoms with E-state index in [-0.39, 0.29) is 29.8 Å². The lowest BCUT2D eigenvalue weighted by molar-refractivity contribution is -0.384. The van der Waals surface area contributed by atoms with Gasteiger partial charge in [-0.1, -0.05) is 67.6 Å². The van der Waals surface area contributed by atoms with Gasteiger partial charge in [0.2, 0.25) is 5.91 Å². The molecule has 4 aromatic rings. The number of aryl methyl sites for hydroxylation is 1. The molecule has 1 heterocycles. The van der Waals surface area contributed by atoms with Crippen LogP contribution in [0.25, 0.3) is 11.1 Å². The summed E-state index contributed by atoms with van der Waals surface area (Å²) >= 11 is 0. The predicted molar refractivity (Wildman–Crippen MR) is 150 cm³/mol. The molecule has 1 atom stereocenters. The van der Waals surface area contributed by atoms with Crippen LogP contribution < -0.4 is 10.6 Å². The molecule has 0 aliphatic rings. The number of carbonyl (C=O) groups is 2. The maximum atomic E-state index is 13.1. The Hall–Kier alpha value is -4.85. The smallest absolute Gasteiger partial charge is 0.269 e. The minimum absolute atomic E-state index is 0.0211. The van der Waals surface area contributed by atoms with E-state index in [2.05, 4.69) is 15.6 Å². The second kappa shape index (κ2) is 12.6. The van der Waals surface area contributed by atoms with Gasteiger partial charge in [-0.05, 0) is 53.3 Å². The number of carbonyl (C=O) groups excluding carboxylic acids is 2. The van der Waals surface area contributed by atoms with Gasteiger partial charge >= 0.3 is 0 Å². The third kappa shape index (κ3) is 7.13. The summed E-state index contributed by atoms with van der Waals surface area (Å²) < 4.78 is 0. The molecule has 0 unspecified atom stereocenters. The Bertz CT molecular complexity index is 1480. The van der Waals surface area contributed by atoms with Gasteiger partial charge in [-0.2, -0.15) is 0 Å². The maximum absolute atomic E-state index is 13.1. The van der Waals surface area contributed by atoms with Crippen molar-refractivity contribution in [3.63, 3.8) is 0 Å². The van der Waals surface area contributed by atoms with Crippen LogP contribution in [0.4, 0.5) is 5.69 Å². The number of nitrogens with zero attached hydrogens (tertiary/aromatic N) is 2. The van der Waals surface area contributed by atoms with Gasteiger partial charge in [0.05, 0.1) is 17.2 Å². The summed E-state index contributed by atoms with van der Waals surface area (Å²) in [7, 11) is 0. The van der Waals surface area contributed by atoms with Crippen molar-refractivity contribution in [1.82, 2.24) is 15.6 Å². The van der Waals surface area contributed by atoms with Gasteiger partial charge in [0.1, 0.15) is 0 Å². The number of amides is 2. The SMILES string of the molecule is Cc1cccc(CNC(=O)c2ccccc2-c2ccccc2CNC(=O)C[C@@H](C)c2ccc([N+](=O)[O-])cc2)n1. The number of aromatic nitrogens is 1. The first-order valence-corrected chi connectivity index (χ1v) is 12.7. The van der Waals surface area contributed by atoms with Crippen LogP contribution >= 0.6 is 0 Å². The molecule has 2 N–H and O–H groups in total. The summed E-state index contributed by atoms with van der Waals surface area (Å²) in [6.07, 6.45) is 0.242. The fraction of sp³-hybridized carbons (Fsp3) is 0.194. The molecule has 0 radical (unpaired) electrons. The maximum Gasteiger partial charge on any atom is 0.269 e. The Balaban J connectivity index is 1.43. The third-order valence-electron chi connectivity index (χ3n) is 6.50. The summed E-state index contributed by atoms with van der Waals surface area (Å²) in [4.78, 5) is 40.8. The number of pyridine rings is 1. The van der Waals surface area contributed by atoms with Crippen molar-refractivity contribution in [2.75, 3.05) is 0 Å². The molecule has 198 valence electrons. The monoisotopic (exact) mass is 522 g/mol. The average Bonchev–Trinajstić information content (AvgIpc) is 2.95. The van der Waals surface area contributed by atoms with E-state index in [0.29, 0.717) is 18.7 Å². The molecule has 0 aliphatic heterocycles. The third-order valence-corrected chi connectivity index (χ3v) is 6.50. The van der Waals surface area contributed by atoms with Crippen molar-refractivity contribution in [3.8, 4) is 11.1 Å². The zero-order chi connectivity index (χ0) is 27.8. The molecule has 3 aromatic carbocycles. The molecular formula is C31H30N4O4. The summed E-state index contributed by atoms with van der Waals surface area (Å²) in [5.74, 6) is -0.439. The summed E-state index contributed by atoms with van der Waals surface area (Å²) in [5.41, 5.74) is 5.61. The van der Waals surface area contributed by atoms with Gasteiger partial charge in [-0.25, -0.2) is 0 Å². The second-order valence-corrected chi connectivity index (χ2v) is 9.39. The highest BCUT2D eigenvalue weighted by molar-refractivity contribution is 6.01. The predicted octanol–water partition coefficient (Wildman–Crippen LogP) is 5.71. The van der Waals surface area contributed by atoms with Crippen LogP contribution in [-0.4, -0.2) is 21.7 Å². The van der Waals surface area contributed by atoms with Gasteiger partial charge in [0.15, 0.2) is 0 Å². The summed E-state index contributed by atoms with van der Waals surface area (Å²) in [5, 5.41) is 16.8. The topological polar surface area (TPSA) is 114 Å². The van der Waals surface area contributed by atoms with Crippen molar-refractivity contribution in [3.05, 3.63) is 129 Å². The van der Waals surface area contributed by atoms with Gasteiger partial charge in [0, 0.05) is 36.4 Å². The lowest BCUT2D eigenvalue weighted by Gasteiger charge is -2.16. The Morgan fingerprint density at radius 1 is 0.846 bits per heavy atom. The highest BCUT2D eigenvalue weighted by Crippen LogP contribution is 2.28. The first-order chi connectivity index (χ1) is 18.8. The molecule has 8 heteroatoms. The van der Waals surface area contributed by atoms with Crippen LogP contribution in [0.3, 0.4) is 0 Å². The van der Waals surface area contributed by atoms with Crippen LogP contribution in [0.1, 0.15) is 52.1 Å². The Kier molecular flexibility index (Phi) is 8.78. The van der Waals surface area contributed by atoms with Crippen molar-refractivity contribution >= 4 is 17.5 Å². The van der Waals surface area contributed by atoms with E-state index in [1.807, 2.05) is 74.5 Å². The van der Waals surface area contributed by atoms with Crippen LogP contribution in [0.2, 0.25) is 0 Å². The van der Waals surface area contributed by atoms with Crippen molar-refractivity contribution in [2.45, 2.75) is 39.3 Å². The molecule has 1 aromatic heterocycles. The molecular weight excluding hydrogens is 492 g/mol. The van der Waals surface area contributed by atoms with Crippen molar-refractivity contribution < 1.29 is 14.5 Å². The number of nitrogens with one attached hydrogen (secondary N) is 2. The summed E-state index contributed by atoms with van der Waals surface area (Å²) in [6.45, 7) is 4.44. The van der Waals surface area contributed by atoms with Gasteiger partial charge in [-0.3, -0.25) is 24.7 Å². The Labute approximate surface area is 227 Å². The molecule has 0 spiro atoms. The van der Waals surface area contributed by atoms with E-state index in [1.165, 1.54) is 12.1 Å². The van der Waals surface area contributed by atoms with Crippen LogP contribution in [0.5, 0.6) is 0 Å². The van der Waals surface area contributed by atoms with E-state index in [4.69, 9.17) is 0 Å². The number of hydrogen-bond donors (Lipinski definition) is 2. The quantitative estimate of drug-likeness (QED) is 0.205. The van der Waals surface area contributed by atoms with E-state index in [1.54, 1.807) is 18.2 Å². The number of rotatable bonds is 10. The van der Waals surface area contributed by atoms with Crippen molar-refractivity contribution in [2.24, 2.45) is 0 Å². The summed E-state index contributed by atoms with van der Waals surface area (Å²) in [6, 6.07) is 27.0. The molecule has 0 saturated carbocycles. The zero-order valence-electron chi connectivity index (χ0n) is 21.9. The number of benzene rings is 3. The fourth-order valence-corrected chi connectivity index (χ4v) is 4.40. The van der Waals surface area contributed by atoms with E-state index >= 15 is 0 Å². The van der Waals surface area contributed by atoms with Crippen molar-refractivity contribution in [1.29, 1.82) is 0 Å². The normalized spacial score (nSPS) is 11.4. The number of non-ortho nitro benzene ring substituents is 1. The molecule has 0 bridgehead atoms. The largest absolute Gasteiger partial charge is 0.352 e. The Morgan fingerprint density at radius 2 is 1.54 bits per heavy atom. The molecule has 4 rings (SSSR count). The molecule has 39 heavy (non-hydrogen) atoms. The zero-order valence-corrected chi connectivity index (χ0v) is 21.9. The Morgan fingerprint density at radius 3 is 2.26 bits per heavy atom. The van der Waals surface area contributed by atoms with E-state index in [9.17, 15) is 19.7 Å². The number of nitro groups is 1. The first kappa shape index (κ1) is 27.2. The molecule has 0 aliphatic carbocycles. The second-order valence-electron chi connectivity index (χ2n) is 9.39. The van der Waals surface area contributed by atoms with E-state index < -0.39 is 4.92 Å². The minimum atomic E-state index is -0.443. The van der Waals surface area contributed by atoms with Crippen LogP contribution in [-0.2, 0) is 17.9 Å². The van der Waals surface area contributed by atoms with E-state index in [0.717, 1.165) is 33.6 Å². The molecule has 0 fully saturated rings. The van der Waals surface area contributed by atoms with Crippen LogP contribution in [0.15, 0.2) is 91.0 Å². The molecule has 2 amide bonds. The van der Waals surface area contributed by atoms with Gasteiger partial charge in [-0.15, -0.1) is 0 Å². The minimum Gasteiger partial charge on any atom is -0.352 e. The average molecular weight is 523 g/mol. The molecule has 8 nitrogen and oxygen atoms in total. The highest BCUT2D eigenvalue weighted by Gasteiger charge is 2.17. The lowest BCUT2D eigenvalue weighted by atomic mass is 9.94. The number of nitro benzene ring substituents is 1. The first-order valence-electron chi connectivity index (χ1n) is 12.7. The molecule has 0 saturated heterocycles. The lowest BCUT2D eigenvalue weighted by Crippen LogP contribution is -2.25. The van der Waals surface area contributed by atoms with Crippen LogP contribution in [0, 0.1) is 17.0 Å². The van der Waals surface area contributed by atoms with Gasteiger partial charge < -0.3 is 10.6 Å². The fourth-order valence-electron chi connectivity index (χ4n) is 4.40.